The lowest BCUT2D eigenvalue weighted by atomic mass is 10.3. The Morgan fingerprint density at radius 2 is 0.933 bits per heavy atom. The molecule has 0 radical (unpaired) electrons. The predicted octanol–water partition coefficient (Wildman–Crippen LogP) is 1.40. The molecule has 2 atom stereocenters. The van der Waals surface area contributed by atoms with E-state index in [9.17, 15) is 9.59 Å². The molecule has 2 unspecified atom stereocenters. The summed E-state index contributed by atoms with van der Waals surface area (Å²) in [5, 5.41) is 0. The fraction of sp³-hybridized carbons (Fsp3) is 0.667. The molecule has 0 aromatic rings. The van der Waals surface area contributed by atoms with Crippen LogP contribution < -0.4 is 0 Å². The highest BCUT2D eigenvalue weighted by molar-refractivity contribution is 7.79. The van der Waals surface area contributed by atoms with E-state index in [0.29, 0.717) is 20.1 Å². The van der Waals surface area contributed by atoms with Gasteiger partial charge in [-0.05, 0) is 13.8 Å². The van der Waals surface area contributed by atoms with Crippen molar-refractivity contribution in [3.05, 3.63) is 24.3 Å². The van der Waals surface area contributed by atoms with Gasteiger partial charge in [-0.15, -0.1) is 12.4 Å². The smallest absolute Gasteiger partial charge is 0.337 e. The van der Waals surface area contributed by atoms with E-state index in [4.69, 9.17) is 27.0 Å². The average Bonchev–Trinajstić information content (AvgIpc) is 2.43. The lowest BCUT2D eigenvalue weighted by Crippen LogP contribution is -2.45. The second-order valence-electron chi connectivity index (χ2n) is 8.21. The summed E-state index contributed by atoms with van der Waals surface area (Å²) in [6, 6.07) is 0. The number of esters is 2. The van der Waals surface area contributed by atoms with Crippen LogP contribution in [-0.2, 0) is 29.5 Å². The van der Waals surface area contributed by atoms with Gasteiger partial charge in [-0.25, -0.2) is 9.59 Å². The van der Waals surface area contributed by atoms with E-state index < -0.39 is 10.4 Å². The van der Waals surface area contributed by atoms with E-state index >= 15 is 0 Å². The molecule has 0 heterocycles. The van der Waals surface area contributed by atoms with Gasteiger partial charge >= 0.3 is 11.9 Å². The quantitative estimate of drug-likeness (QED) is 0.140. The first-order chi connectivity index (χ1) is 12.5. The van der Waals surface area contributed by atoms with Gasteiger partial charge in [0.2, 0.25) is 12.5 Å². The van der Waals surface area contributed by atoms with Gasteiger partial charge in [-0.3, -0.25) is 17.4 Å². The van der Waals surface area contributed by atoms with Gasteiger partial charge < -0.3 is 18.6 Å². The summed E-state index contributed by atoms with van der Waals surface area (Å²) in [7, 11) is 6.65. The van der Waals surface area contributed by atoms with Crippen LogP contribution in [0.15, 0.2) is 24.3 Å². The van der Waals surface area contributed by atoms with Gasteiger partial charge in [0.1, 0.15) is 0 Å². The second kappa shape index (κ2) is 14.5. The first-order valence-corrected chi connectivity index (χ1v) is 9.85. The minimum atomic E-state index is -5.17. The van der Waals surface area contributed by atoms with Gasteiger partial charge in [-0.2, -0.15) is 0 Å². The van der Waals surface area contributed by atoms with Gasteiger partial charge in [-0.1, -0.05) is 13.2 Å². The zero-order valence-electron chi connectivity index (χ0n) is 19.5. The Hall–Kier alpha value is -1.50. The minimum Gasteiger partial charge on any atom is -0.759 e. The molecule has 10 nitrogen and oxygen atoms in total. The summed E-state index contributed by atoms with van der Waals surface area (Å²) in [5.74, 6) is -0.647. The fourth-order valence-corrected chi connectivity index (χ4v) is 0.827. The Kier molecular flexibility index (Phi) is 17.3. The standard InChI is InChI=1S/2C9H18NO2.ClH.H2O4S/c2*1-7(2)9(11)12-8(3)10(4,5)6;;1-5(2,3)4/h2*8H,1H2,2-6H3;1H;(H2,1,2,3,4)/q2*+1;;/p-2. The van der Waals surface area contributed by atoms with Gasteiger partial charge in [0.05, 0.1) is 42.3 Å². The summed E-state index contributed by atoms with van der Waals surface area (Å²) in [6.45, 7) is 14.0. The molecule has 0 bridgehead atoms. The topological polar surface area (TPSA) is 133 Å². The number of halogens is 1. The molecule has 0 amide bonds. The summed E-state index contributed by atoms with van der Waals surface area (Å²) >= 11 is 0. The maximum absolute atomic E-state index is 11.1. The maximum atomic E-state index is 11.1. The van der Waals surface area contributed by atoms with Crippen molar-refractivity contribution in [2.45, 2.75) is 40.2 Å². The van der Waals surface area contributed by atoms with Crippen molar-refractivity contribution >= 4 is 34.7 Å². The van der Waals surface area contributed by atoms with Crippen molar-refractivity contribution in [1.82, 2.24) is 0 Å². The van der Waals surface area contributed by atoms with Crippen molar-refractivity contribution in [2.24, 2.45) is 0 Å². The fourth-order valence-electron chi connectivity index (χ4n) is 0.827. The van der Waals surface area contributed by atoms with Crippen LogP contribution in [0.2, 0.25) is 0 Å². The van der Waals surface area contributed by atoms with Gasteiger partial charge in [0, 0.05) is 35.4 Å². The Balaban J connectivity index is -0.000000180. The van der Waals surface area contributed by atoms with Crippen LogP contribution in [0.5, 0.6) is 0 Å². The summed E-state index contributed by atoms with van der Waals surface area (Å²) in [6.07, 6.45) is -0.289. The van der Waals surface area contributed by atoms with Crippen molar-refractivity contribution in [3.63, 3.8) is 0 Å². The van der Waals surface area contributed by atoms with E-state index in [2.05, 4.69) is 13.2 Å². The maximum Gasteiger partial charge on any atom is 0.337 e. The predicted molar refractivity (Wildman–Crippen MR) is 115 cm³/mol. The molecule has 0 fully saturated rings. The number of hydrogen-bond acceptors (Lipinski definition) is 8. The summed E-state index contributed by atoms with van der Waals surface area (Å²) < 4.78 is 45.5. The van der Waals surface area contributed by atoms with Crippen LogP contribution in [0.3, 0.4) is 0 Å². The number of nitrogens with zero attached hydrogens (tertiary/aromatic N) is 2. The van der Waals surface area contributed by atoms with Crippen molar-refractivity contribution in [2.75, 3.05) is 42.3 Å². The van der Waals surface area contributed by atoms with Crippen LogP contribution in [0, 0.1) is 0 Å². The molecule has 0 aliphatic carbocycles. The Morgan fingerprint density at radius 3 is 1.03 bits per heavy atom. The molecule has 0 rings (SSSR count). The highest BCUT2D eigenvalue weighted by atomic mass is 35.5. The van der Waals surface area contributed by atoms with Crippen molar-refractivity contribution in [1.29, 1.82) is 0 Å². The molecule has 180 valence electrons. The number of carbonyl (C=O) groups excluding carboxylic acids is 2. The molecule has 0 aliphatic rings. The summed E-state index contributed by atoms with van der Waals surface area (Å²) in [5.41, 5.74) is 0.880. The lowest BCUT2D eigenvalue weighted by Gasteiger charge is -2.30. The van der Waals surface area contributed by atoms with Crippen LogP contribution in [0.25, 0.3) is 0 Å². The van der Waals surface area contributed by atoms with Crippen LogP contribution in [0.1, 0.15) is 27.7 Å². The molecule has 0 aliphatic heterocycles. The molecule has 0 aromatic heterocycles. The highest BCUT2D eigenvalue weighted by Gasteiger charge is 2.23. The average molecular weight is 477 g/mol. The Labute approximate surface area is 187 Å². The largest absolute Gasteiger partial charge is 0.759 e. The van der Waals surface area contributed by atoms with Crippen LogP contribution in [0.4, 0.5) is 0 Å². The normalized spacial score (nSPS) is 12.9. The van der Waals surface area contributed by atoms with Crippen LogP contribution in [-0.4, -0.2) is 93.2 Å². The lowest BCUT2D eigenvalue weighted by molar-refractivity contribution is -0.914. The monoisotopic (exact) mass is 476 g/mol. The molecule has 30 heavy (non-hydrogen) atoms. The summed E-state index contributed by atoms with van der Waals surface area (Å²) in [4.78, 5) is 22.1. The van der Waals surface area contributed by atoms with E-state index in [-0.39, 0.29) is 36.8 Å². The minimum absolute atomic E-state index is 0. The third-order valence-electron chi connectivity index (χ3n) is 3.43. The molecule has 12 heteroatoms. The van der Waals surface area contributed by atoms with E-state index in [1.54, 1.807) is 13.8 Å². The van der Waals surface area contributed by atoms with Crippen molar-refractivity contribution < 1.29 is 45.6 Å². The first-order valence-electron chi connectivity index (χ1n) is 8.52. The first kappa shape index (κ1) is 35.9. The number of rotatable bonds is 6. The SMILES string of the molecule is C=C(C)C(=O)OC(C)[N+](C)(C)C.C=C(C)C(=O)OC(C)[N+](C)(C)C.Cl.O=S(=O)([O-])[O-]. The molecule has 0 N–H and O–H groups in total. The van der Waals surface area contributed by atoms with Gasteiger partial charge in [0.25, 0.3) is 0 Å². The number of quaternary nitrogens is 2. The van der Waals surface area contributed by atoms with E-state index in [1.807, 2.05) is 56.1 Å². The number of ether oxygens (including phenoxy) is 2. The molecule has 0 saturated carbocycles. The zero-order valence-corrected chi connectivity index (χ0v) is 21.2. The number of hydrogen-bond donors (Lipinski definition) is 0. The third-order valence-corrected chi connectivity index (χ3v) is 3.43. The van der Waals surface area contributed by atoms with Gasteiger partial charge in [0.15, 0.2) is 0 Å². The third kappa shape index (κ3) is 24.5. The van der Waals surface area contributed by atoms with E-state index in [0.717, 1.165) is 0 Å². The van der Waals surface area contributed by atoms with Crippen LogP contribution >= 0.6 is 12.4 Å². The Morgan fingerprint density at radius 1 is 0.767 bits per heavy atom. The van der Waals surface area contributed by atoms with Crippen molar-refractivity contribution in [3.8, 4) is 0 Å². The number of carbonyl (C=O) groups is 2. The molecular weight excluding hydrogens is 440 g/mol. The molecule has 0 saturated heterocycles. The molecule has 0 aromatic carbocycles. The Bertz CT molecular complexity index is 627. The highest BCUT2D eigenvalue weighted by Crippen LogP contribution is 2.07. The second-order valence-corrected chi connectivity index (χ2v) is 9.03. The molecular formula is C18H37ClN2O8S. The molecule has 0 spiro atoms. The van der Waals surface area contributed by atoms with E-state index in [1.165, 1.54) is 0 Å². The zero-order chi connectivity index (χ0) is 24.4.